The second-order valence-corrected chi connectivity index (χ2v) is 6.06. The normalized spacial score (nSPS) is 10.5. The number of ether oxygens (including phenoxy) is 1. The molecule has 26 heavy (non-hydrogen) atoms. The topological polar surface area (TPSA) is 99.3 Å². The number of aryl methyl sites for hydroxylation is 1. The lowest BCUT2D eigenvalue weighted by molar-refractivity contribution is -0.132. The van der Waals surface area contributed by atoms with Gasteiger partial charge in [0.15, 0.2) is 0 Å². The number of aromatic nitrogens is 1. The highest BCUT2D eigenvalue weighted by atomic mass is 16.5. The maximum Gasteiger partial charge on any atom is 0.266 e. The Hall–Kier alpha value is -2.85. The fourth-order valence-corrected chi connectivity index (χ4v) is 2.89. The molecule has 7 nitrogen and oxygen atoms in total. The van der Waals surface area contributed by atoms with Crippen LogP contribution >= 0.6 is 0 Å². The molecule has 1 N–H and O–H groups in total. The highest BCUT2D eigenvalue weighted by Crippen LogP contribution is 2.16. The molecule has 0 fully saturated rings. The van der Waals surface area contributed by atoms with E-state index in [1.54, 1.807) is 38.2 Å². The first-order chi connectivity index (χ1) is 12.5. The number of H-pyrrole nitrogens is 1. The van der Waals surface area contributed by atoms with Crippen molar-refractivity contribution in [2.24, 2.45) is 0 Å². The second kappa shape index (κ2) is 9.02. The SMILES string of the molecule is COCCN(Cc1ccco1)C(=O)CCc1c(C)[nH]c(=O)c(C#N)c1C. The number of carbonyl (C=O) groups excluding carboxylic acids is 1. The standard InChI is InChI=1S/C19H23N3O4/c1-13-16(14(2)21-19(24)17(13)11-20)6-7-18(23)22(8-10-25-3)12-15-5-4-9-26-15/h4-5,9H,6-8,10,12H2,1-3H3,(H,21,24). The zero-order valence-corrected chi connectivity index (χ0v) is 15.3. The lowest BCUT2D eigenvalue weighted by Gasteiger charge is -2.22. The average molecular weight is 357 g/mol. The van der Waals surface area contributed by atoms with Crippen molar-refractivity contribution in [2.75, 3.05) is 20.3 Å². The van der Waals surface area contributed by atoms with Crippen LogP contribution in [-0.2, 0) is 22.5 Å². The van der Waals surface area contributed by atoms with Crippen LogP contribution in [0.3, 0.4) is 0 Å². The van der Waals surface area contributed by atoms with E-state index in [-0.39, 0.29) is 17.9 Å². The second-order valence-electron chi connectivity index (χ2n) is 6.06. The Morgan fingerprint density at radius 1 is 1.42 bits per heavy atom. The van der Waals surface area contributed by atoms with Crippen molar-refractivity contribution >= 4 is 5.91 Å². The van der Waals surface area contributed by atoms with Crippen molar-refractivity contribution in [3.05, 3.63) is 56.9 Å². The van der Waals surface area contributed by atoms with Crippen molar-refractivity contribution in [1.82, 2.24) is 9.88 Å². The summed E-state index contributed by atoms with van der Waals surface area (Å²) in [6.07, 6.45) is 2.29. The van der Waals surface area contributed by atoms with Crippen molar-refractivity contribution in [2.45, 2.75) is 33.2 Å². The quantitative estimate of drug-likeness (QED) is 0.779. The Morgan fingerprint density at radius 3 is 2.81 bits per heavy atom. The van der Waals surface area contributed by atoms with Crippen LogP contribution in [0.25, 0.3) is 0 Å². The molecular weight excluding hydrogens is 334 g/mol. The third-order valence-corrected chi connectivity index (χ3v) is 4.35. The average Bonchev–Trinajstić information content (AvgIpc) is 3.11. The number of amides is 1. The van der Waals surface area contributed by atoms with Gasteiger partial charge in [-0.3, -0.25) is 9.59 Å². The van der Waals surface area contributed by atoms with Crippen LogP contribution in [0.4, 0.5) is 0 Å². The van der Waals surface area contributed by atoms with Crippen molar-refractivity contribution in [3.8, 4) is 6.07 Å². The number of nitrogens with zero attached hydrogens (tertiary/aromatic N) is 2. The first-order valence-corrected chi connectivity index (χ1v) is 8.39. The predicted octanol–water partition coefficient (Wildman–Crippen LogP) is 2.06. The number of aromatic amines is 1. The molecule has 0 aliphatic carbocycles. The minimum Gasteiger partial charge on any atom is -0.467 e. The molecule has 0 aliphatic heterocycles. The molecule has 0 spiro atoms. The first kappa shape index (κ1) is 19.5. The molecule has 0 radical (unpaired) electrons. The molecule has 138 valence electrons. The molecule has 2 aromatic heterocycles. The number of carbonyl (C=O) groups is 1. The molecule has 0 atom stereocenters. The molecule has 0 aliphatic rings. The summed E-state index contributed by atoms with van der Waals surface area (Å²) in [5, 5.41) is 9.15. The van der Waals surface area contributed by atoms with Gasteiger partial charge in [-0.1, -0.05) is 0 Å². The molecule has 2 heterocycles. The molecule has 0 aromatic carbocycles. The number of hydrogen-bond donors (Lipinski definition) is 1. The zero-order chi connectivity index (χ0) is 19.1. The molecule has 0 saturated carbocycles. The summed E-state index contributed by atoms with van der Waals surface area (Å²) in [7, 11) is 1.59. The van der Waals surface area contributed by atoms with Crippen LogP contribution in [0.15, 0.2) is 27.6 Å². The van der Waals surface area contributed by atoms with E-state index in [1.807, 2.05) is 12.1 Å². The van der Waals surface area contributed by atoms with Crippen LogP contribution < -0.4 is 5.56 Å². The summed E-state index contributed by atoms with van der Waals surface area (Å²) in [5.41, 5.74) is 1.87. The van der Waals surface area contributed by atoms with E-state index in [2.05, 4.69) is 4.98 Å². The van der Waals surface area contributed by atoms with Gasteiger partial charge in [-0.2, -0.15) is 5.26 Å². The van der Waals surface area contributed by atoms with Crippen LogP contribution in [0.2, 0.25) is 0 Å². The Morgan fingerprint density at radius 2 is 2.19 bits per heavy atom. The number of nitrogens with one attached hydrogen (secondary N) is 1. The number of furan rings is 1. The highest BCUT2D eigenvalue weighted by molar-refractivity contribution is 5.76. The van der Waals surface area contributed by atoms with E-state index < -0.39 is 5.56 Å². The maximum absolute atomic E-state index is 12.7. The van der Waals surface area contributed by atoms with E-state index >= 15 is 0 Å². The van der Waals surface area contributed by atoms with Gasteiger partial charge in [0.05, 0.1) is 19.4 Å². The van der Waals surface area contributed by atoms with Crippen LogP contribution in [0, 0.1) is 25.2 Å². The Bertz CT molecular complexity index is 847. The molecule has 0 bridgehead atoms. The van der Waals surface area contributed by atoms with Gasteiger partial charge >= 0.3 is 0 Å². The van der Waals surface area contributed by atoms with Crippen LogP contribution in [-0.4, -0.2) is 36.1 Å². The minimum absolute atomic E-state index is 0.0399. The molecule has 7 heteroatoms. The fraction of sp³-hybridized carbons (Fsp3) is 0.421. The van der Waals surface area contributed by atoms with Gasteiger partial charge in [0.25, 0.3) is 5.56 Å². The van der Waals surface area contributed by atoms with Crippen LogP contribution in [0.1, 0.15) is 34.6 Å². The van der Waals surface area contributed by atoms with Crippen molar-refractivity contribution < 1.29 is 13.9 Å². The number of hydrogen-bond acceptors (Lipinski definition) is 5. The molecule has 2 rings (SSSR count). The van der Waals surface area contributed by atoms with Gasteiger partial charge in [-0.05, 0) is 43.5 Å². The largest absolute Gasteiger partial charge is 0.467 e. The van der Waals surface area contributed by atoms with Crippen molar-refractivity contribution in [3.63, 3.8) is 0 Å². The monoisotopic (exact) mass is 357 g/mol. The van der Waals surface area contributed by atoms with E-state index in [0.29, 0.717) is 43.1 Å². The van der Waals surface area contributed by atoms with E-state index in [4.69, 9.17) is 14.4 Å². The van der Waals surface area contributed by atoms with Gasteiger partial charge < -0.3 is 19.0 Å². The smallest absolute Gasteiger partial charge is 0.266 e. The van der Waals surface area contributed by atoms with E-state index in [9.17, 15) is 9.59 Å². The Balaban J connectivity index is 2.12. The van der Waals surface area contributed by atoms with Gasteiger partial charge in [0, 0.05) is 25.8 Å². The van der Waals surface area contributed by atoms with Gasteiger partial charge in [-0.15, -0.1) is 0 Å². The Labute approximate surface area is 152 Å². The Kier molecular flexibility index (Phi) is 6.75. The number of nitriles is 1. The molecule has 0 saturated heterocycles. The summed E-state index contributed by atoms with van der Waals surface area (Å²) in [5.74, 6) is 0.666. The minimum atomic E-state index is -0.392. The number of rotatable bonds is 8. The summed E-state index contributed by atoms with van der Waals surface area (Å²) < 4.78 is 10.4. The molecule has 2 aromatic rings. The fourth-order valence-electron chi connectivity index (χ4n) is 2.89. The molecular formula is C19H23N3O4. The summed E-state index contributed by atoms with van der Waals surface area (Å²) >= 11 is 0. The number of pyridine rings is 1. The summed E-state index contributed by atoms with van der Waals surface area (Å²) in [4.78, 5) is 28.9. The van der Waals surface area contributed by atoms with Crippen molar-refractivity contribution in [1.29, 1.82) is 5.26 Å². The molecule has 1 amide bonds. The van der Waals surface area contributed by atoms with Gasteiger partial charge in [0.2, 0.25) is 5.91 Å². The summed E-state index contributed by atoms with van der Waals surface area (Å²) in [6, 6.07) is 5.54. The van der Waals surface area contributed by atoms with Crippen LogP contribution in [0.5, 0.6) is 0 Å². The lowest BCUT2D eigenvalue weighted by Crippen LogP contribution is -2.33. The zero-order valence-electron chi connectivity index (χ0n) is 15.3. The van der Waals surface area contributed by atoms with Gasteiger partial charge in [0.1, 0.15) is 17.4 Å². The van der Waals surface area contributed by atoms with E-state index in [0.717, 1.165) is 5.56 Å². The predicted molar refractivity (Wildman–Crippen MR) is 95.6 cm³/mol. The summed E-state index contributed by atoms with van der Waals surface area (Å²) in [6.45, 7) is 4.79. The maximum atomic E-state index is 12.7. The third-order valence-electron chi connectivity index (χ3n) is 4.35. The highest BCUT2D eigenvalue weighted by Gasteiger charge is 2.18. The van der Waals surface area contributed by atoms with E-state index in [1.165, 1.54) is 0 Å². The lowest BCUT2D eigenvalue weighted by atomic mass is 9.99. The number of methoxy groups -OCH3 is 1. The molecule has 0 unspecified atom stereocenters. The first-order valence-electron chi connectivity index (χ1n) is 8.39. The van der Waals surface area contributed by atoms with Gasteiger partial charge in [-0.25, -0.2) is 0 Å². The third kappa shape index (κ3) is 4.61.